The lowest BCUT2D eigenvalue weighted by atomic mass is 9.99. The molecular weight excluding hydrogens is 203 g/mol. The molecule has 2 nitrogen and oxygen atoms in total. The second-order valence-corrected chi connectivity index (χ2v) is 3.38. The van der Waals surface area contributed by atoms with E-state index in [2.05, 4.69) is 11.1 Å². The number of hydrogen-bond donors (Lipinski definition) is 0. The van der Waals surface area contributed by atoms with Crippen LogP contribution in [0.25, 0.3) is 11.1 Å². The molecule has 16 heavy (non-hydrogen) atoms. The summed E-state index contributed by atoms with van der Waals surface area (Å²) in [6.07, 6.45) is 3.59. The zero-order valence-corrected chi connectivity index (χ0v) is 8.52. The first-order valence-electron chi connectivity index (χ1n) is 4.87. The van der Waals surface area contributed by atoms with Crippen LogP contribution in [0.1, 0.15) is 5.56 Å². The van der Waals surface area contributed by atoms with Gasteiger partial charge < -0.3 is 0 Å². The van der Waals surface area contributed by atoms with Gasteiger partial charge in [0.15, 0.2) is 0 Å². The molecule has 1 aromatic heterocycles. The fourth-order valence-electron chi connectivity index (χ4n) is 1.58. The van der Waals surface area contributed by atoms with Crippen LogP contribution in [-0.2, 0) is 6.42 Å². The summed E-state index contributed by atoms with van der Waals surface area (Å²) in [6.45, 7) is 0. The van der Waals surface area contributed by atoms with Crippen LogP contribution >= 0.6 is 0 Å². The molecule has 0 aliphatic rings. The molecule has 0 radical (unpaired) electrons. The van der Waals surface area contributed by atoms with Crippen molar-refractivity contribution < 1.29 is 4.39 Å². The van der Waals surface area contributed by atoms with Crippen LogP contribution in [0.5, 0.6) is 0 Å². The molecule has 0 aliphatic carbocycles. The molecule has 0 fully saturated rings. The Morgan fingerprint density at radius 3 is 2.88 bits per heavy atom. The molecule has 0 bridgehead atoms. The Labute approximate surface area is 93.0 Å². The highest BCUT2D eigenvalue weighted by Gasteiger charge is 2.06. The van der Waals surface area contributed by atoms with Gasteiger partial charge in [-0.1, -0.05) is 12.1 Å². The van der Waals surface area contributed by atoms with Gasteiger partial charge in [-0.15, -0.1) is 0 Å². The van der Waals surface area contributed by atoms with E-state index < -0.39 is 0 Å². The number of benzene rings is 1. The van der Waals surface area contributed by atoms with Gasteiger partial charge in [0, 0.05) is 18.0 Å². The van der Waals surface area contributed by atoms with E-state index in [1.165, 1.54) is 12.1 Å². The van der Waals surface area contributed by atoms with Crippen molar-refractivity contribution in [2.75, 3.05) is 0 Å². The summed E-state index contributed by atoms with van der Waals surface area (Å²) in [5.41, 5.74) is 2.37. The molecule has 3 heteroatoms. The number of hydrogen-bond acceptors (Lipinski definition) is 2. The molecule has 0 aliphatic heterocycles. The van der Waals surface area contributed by atoms with Crippen molar-refractivity contribution in [3.63, 3.8) is 0 Å². The Kier molecular flexibility index (Phi) is 2.93. The van der Waals surface area contributed by atoms with Gasteiger partial charge in [-0.25, -0.2) is 4.39 Å². The van der Waals surface area contributed by atoms with Gasteiger partial charge in [-0.2, -0.15) is 5.26 Å². The zero-order chi connectivity index (χ0) is 11.4. The summed E-state index contributed by atoms with van der Waals surface area (Å²) in [5, 5.41) is 8.70. The van der Waals surface area contributed by atoms with Gasteiger partial charge in [0.25, 0.3) is 0 Å². The van der Waals surface area contributed by atoms with E-state index in [9.17, 15) is 4.39 Å². The van der Waals surface area contributed by atoms with Crippen LogP contribution in [0.3, 0.4) is 0 Å². The van der Waals surface area contributed by atoms with E-state index >= 15 is 0 Å². The lowest BCUT2D eigenvalue weighted by Gasteiger charge is -2.06. The first-order chi connectivity index (χ1) is 7.81. The first-order valence-corrected chi connectivity index (χ1v) is 4.87. The molecule has 0 atom stereocenters. The van der Waals surface area contributed by atoms with E-state index in [0.717, 1.165) is 16.7 Å². The number of aromatic nitrogens is 1. The molecule has 0 spiro atoms. The fourth-order valence-corrected chi connectivity index (χ4v) is 1.58. The Morgan fingerprint density at radius 1 is 1.31 bits per heavy atom. The van der Waals surface area contributed by atoms with Crippen molar-refractivity contribution in [3.8, 4) is 17.2 Å². The molecule has 0 unspecified atom stereocenters. The van der Waals surface area contributed by atoms with Gasteiger partial charge in [0.05, 0.1) is 12.5 Å². The van der Waals surface area contributed by atoms with Crippen molar-refractivity contribution >= 4 is 0 Å². The third-order valence-corrected chi connectivity index (χ3v) is 2.31. The minimum absolute atomic E-state index is 0.268. The monoisotopic (exact) mass is 212 g/mol. The van der Waals surface area contributed by atoms with Crippen molar-refractivity contribution in [1.82, 2.24) is 4.98 Å². The minimum Gasteiger partial charge on any atom is -0.264 e. The zero-order valence-electron chi connectivity index (χ0n) is 8.52. The van der Waals surface area contributed by atoms with E-state index in [1.54, 1.807) is 24.5 Å². The standard InChI is InChI=1S/C13H9FN2/c14-12-4-3-10(5-6-15)13(8-12)11-2-1-7-16-9-11/h1-4,7-9H,5H2. The predicted molar refractivity (Wildman–Crippen MR) is 58.9 cm³/mol. The Morgan fingerprint density at radius 2 is 2.19 bits per heavy atom. The molecule has 2 aromatic rings. The molecular formula is C13H9FN2. The van der Waals surface area contributed by atoms with Crippen LogP contribution in [0.4, 0.5) is 4.39 Å². The van der Waals surface area contributed by atoms with Crippen molar-refractivity contribution in [2.45, 2.75) is 6.42 Å². The maximum Gasteiger partial charge on any atom is 0.123 e. The van der Waals surface area contributed by atoms with Crippen LogP contribution in [0, 0.1) is 17.1 Å². The molecule has 1 heterocycles. The normalized spacial score (nSPS) is 9.75. The molecule has 2 rings (SSSR count). The average Bonchev–Trinajstić information content (AvgIpc) is 2.33. The number of halogens is 1. The summed E-state index contributed by atoms with van der Waals surface area (Å²) in [5.74, 6) is -0.305. The topological polar surface area (TPSA) is 36.7 Å². The highest BCUT2D eigenvalue weighted by molar-refractivity contribution is 5.66. The van der Waals surface area contributed by atoms with Gasteiger partial charge >= 0.3 is 0 Å². The van der Waals surface area contributed by atoms with Crippen LogP contribution in [0.2, 0.25) is 0 Å². The summed E-state index contributed by atoms with van der Waals surface area (Å²) in [6, 6.07) is 10.2. The molecule has 0 amide bonds. The van der Waals surface area contributed by atoms with Crippen LogP contribution in [-0.4, -0.2) is 4.98 Å². The molecule has 1 aromatic carbocycles. The quantitative estimate of drug-likeness (QED) is 0.767. The molecule has 0 saturated heterocycles. The van der Waals surface area contributed by atoms with Crippen molar-refractivity contribution in [3.05, 3.63) is 54.1 Å². The van der Waals surface area contributed by atoms with Crippen LogP contribution < -0.4 is 0 Å². The number of nitriles is 1. The van der Waals surface area contributed by atoms with E-state index in [4.69, 9.17) is 5.26 Å². The summed E-state index contributed by atoms with van der Waals surface area (Å²) >= 11 is 0. The number of rotatable bonds is 2. The average molecular weight is 212 g/mol. The lowest BCUT2D eigenvalue weighted by molar-refractivity contribution is 0.628. The second-order valence-electron chi connectivity index (χ2n) is 3.38. The highest BCUT2D eigenvalue weighted by Crippen LogP contribution is 2.24. The van der Waals surface area contributed by atoms with E-state index in [-0.39, 0.29) is 12.2 Å². The Bertz CT molecular complexity index is 529. The third-order valence-electron chi connectivity index (χ3n) is 2.31. The second kappa shape index (κ2) is 4.54. The lowest BCUT2D eigenvalue weighted by Crippen LogP contribution is -1.90. The highest BCUT2D eigenvalue weighted by atomic mass is 19.1. The molecule has 0 saturated carbocycles. The number of pyridine rings is 1. The summed E-state index contributed by atoms with van der Waals surface area (Å²) in [7, 11) is 0. The first kappa shape index (κ1) is 10.3. The maximum atomic E-state index is 13.2. The van der Waals surface area contributed by atoms with Crippen molar-refractivity contribution in [2.24, 2.45) is 0 Å². The summed E-state index contributed by atoms with van der Waals surface area (Å²) in [4.78, 5) is 3.99. The van der Waals surface area contributed by atoms with E-state index in [0.29, 0.717) is 0 Å². The minimum atomic E-state index is -0.305. The van der Waals surface area contributed by atoms with Crippen LogP contribution in [0.15, 0.2) is 42.7 Å². The van der Waals surface area contributed by atoms with Gasteiger partial charge in [0.1, 0.15) is 5.82 Å². The largest absolute Gasteiger partial charge is 0.264 e. The fraction of sp³-hybridized carbons (Fsp3) is 0.0769. The Hall–Kier alpha value is -2.21. The molecule has 78 valence electrons. The number of nitrogens with zero attached hydrogens (tertiary/aromatic N) is 2. The van der Waals surface area contributed by atoms with Gasteiger partial charge in [-0.05, 0) is 29.3 Å². The van der Waals surface area contributed by atoms with E-state index in [1.807, 2.05) is 6.07 Å². The molecule has 0 N–H and O–H groups in total. The smallest absolute Gasteiger partial charge is 0.123 e. The van der Waals surface area contributed by atoms with Gasteiger partial charge in [0.2, 0.25) is 0 Å². The SMILES string of the molecule is N#CCc1ccc(F)cc1-c1cccnc1. The summed E-state index contributed by atoms with van der Waals surface area (Å²) < 4.78 is 13.2. The maximum absolute atomic E-state index is 13.2. The van der Waals surface area contributed by atoms with Crippen molar-refractivity contribution in [1.29, 1.82) is 5.26 Å². The third kappa shape index (κ3) is 2.06. The predicted octanol–water partition coefficient (Wildman–Crippen LogP) is 2.95. The van der Waals surface area contributed by atoms with Gasteiger partial charge in [-0.3, -0.25) is 4.98 Å². The Balaban J connectivity index is 2.55.